The zero-order chi connectivity index (χ0) is 8.69. The summed E-state index contributed by atoms with van der Waals surface area (Å²) in [5, 5.41) is 3.43. The van der Waals surface area contributed by atoms with Crippen LogP contribution in [0, 0.1) is 18.3 Å². The maximum atomic E-state index is 5.14. The smallest absolute Gasteiger partial charge is 0.0212 e. The van der Waals surface area contributed by atoms with Crippen molar-refractivity contribution in [2.75, 3.05) is 6.54 Å². The third-order valence-electron chi connectivity index (χ3n) is 1.92. The third-order valence-corrected chi connectivity index (χ3v) is 1.92. The molecule has 1 nitrogen and oxygen atoms in total. The first-order chi connectivity index (χ1) is 5.22. The van der Waals surface area contributed by atoms with E-state index < -0.39 is 0 Å². The fraction of sp³-hybridized carbons (Fsp3) is 0.800. The van der Waals surface area contributed by atoms with Gasteiger partial charge in [0.15, 0.2) is 0 Å². The van der Waals surface area contributed by atoms with Gasteiger partial charge in [0.05, 0.1) is 0 Å². The molecule has 0 aromatic carbocycles. The highest BCUT2D eigenvalue weighted by Crippen LogP contribution is 2.04. The Morgan fingerprint density at radius 1 is 1.45 bits per heavy atom. The van der Waals surface area contributed by atoms with Crippen molar-refractivity contribution in [2.45, 2.75) is 39.7 Å². The summed E-state index contributed by atoms with van der Waals surface area (Å²) in [4.78, 5) is 0. The molecule has 0 aromatic rings. The Morgan fingerprint density at radius 3 is 2.45 bits per heavy atom. The van der Waals surface area contributed by atoms with Crippen LogP contribution < -0.4 is 5.32 Å². The fourth-order valence-corrected chi connectivity index (χ4v) is 1.18. The van der Waals surface area contributed by atoms with Crippen molar-refractivity contribution in [1.82, 2.24) is 5.32 Å². The highest BCUT2D eigenvalue weighted by atomic mass is 14.9. The average molecular weight is 153 g/mol. The van der Waals surface area contributed by atoms with E-state index in [0.29, 0.717) is 12.0 Å². The Labute approximate surface area is 70.6 Å². The molecule has 64 valence electrons. The van der Waals surface area contributed by atoms with Crippen LogP contribution in [0.4, 0.5) is 0 Å². The lowest BCUT2D eigenvalue weighted by Crippen LogP contribution is -2.33. The van der Waals surface area contributed by atoms with Crippen molar-refractivity contribution in [3.8, 4) is 12.3 Å². The number of terminal acetylenes is 1. The van der Waals surface area contributed by atoms with E-state index in [-0.39, 0.29) is 0 Å². The molecule has 1 atom stereocenters. The van der Waals surface area contributed by atoms with E-state index >= 15 is 0 Å². The largest absolute Gasteiger partial charge is 0.313 e. The van der Waals surface area contributed by atoms with Crippen molar-refractivity contribution in [1.29, 1.82) is 0 Å². The highest BCUT2D eigenvalue weighted by molar-refractivity contribution is 4.85. The van der Waals surface area contributed by atoms with Crippen molar-refractivity contribution >= 4 is 0 Å². The molecule has 0 spiro atoms. The van der Waals surface area contributed by atoms with E-state index in [1.807, 2.05) is 0 Å². The first kappa shape index (κ1) is 10.5. The molecule has 0 bridgehead atoms. The van der Waals surface area contributed by atoms with Gasteiger partial charge in [0.25, 0.3) is 0 Å². The lowest BCUT2D eigenvalue weighted by molar-refractivity contribution is 0.393. The van der Waals surface area contributed by atoms with Gasteiger partial charge in [-0.1, -0.05) is 20.8 Å². The maximum Gasteiger partial charge on any atom is 0.0212 e. The van der Waals surface area contributed by atoms with Crippen molar-refractivity contribution in [3.05, 3.63) is 0 Å². The lowest BCUT2D eigenvalue weighted by Gasteiger charge is -2.19. The average Bonchev–Trinajstić information content (AvgIpc) is 1.97. The number of hydrogen-bond donors (Lipinski definition) is 1. The van der Waals surface area contributed by atoms with Crippen LogP contribution in [-0.2, 0) is 0 Å². The first-order valence-electron chi connectivity index (χ1n) is 4.39. The third kappa shape index (κ3) is 4.86. The minimum atomic E-state index is 0.628. The summed E-state index contributed by atoms with van der Waals surface area (Å²) in [6.07, 6.45) is 7.16. The molecular formula is C10H19N. The molecule has 0 aliphatic heterocycles. The van der Waals surface area contributed by atoms with Gasteiger partial charge in [0.1, 0.15) is 0 Å². The van der Waals surface area contributed by atoms with Gasteiger partial charge in [0.2, 0.25) is 0 Å². The van der Waals surface area contributed by atoms with Crippen LogP contribution in [-0.4, -0.2) is 12.6 Å². The van der Waals surface area contributed by atoms with Crippen LogP contribution in [0.25, 0.3) is 0 Å². The summed E-state index contributed by atoms with van der Waals surface area (Å²) in [7, 11) is 0. The number of hydrogen-bond acceptors (Lipinski definition) is 1. The Bertz CT molecular complexity index is 121. The van der Waals surface area contributed by atoms with E-state index in [4.69, 9.17) is 6.42 Å². The SMILES string of the molecule is C#CCCNC(CC)C(C)C. The maximum absolute atomic E-state index is 5.14. The summed E-state index contributed by atoms with van der Waals surface area (Å²) >= 11 is 0. The molecule has 0 heterocycles. The van der Waals surface area contributed by atoms with Crippen LogP contribution in [0.5, 0.6) is 0 Å². The summed E-state index contributed by atoms with van der Waals surface area (Å²) in [5.74, 6) is 3.33. The Kier molecular flexibility index (Phi) is 5.97. The van der Waals surface area contributed by atoms with Gasteiger partial charge in [-0.05, 0) is 12.3 Å². The minimum absolute atomic E-state index is 0.628. The lowest BCUT2D eigenvalue weighted by atomic mass is 10.0. The van der Waals surface area contributed by atoms with E-state index in [0.717, 1.165) is 13.0 Å². The first-order valence-corrected chi connectivity index (χ1v) is 4.39. The zero-order valence-electron chi connectivity index (χ0n) is 7.85. The van der Waals surface area contributed by atoms with E-state index in [9.17, 15) is 0 Å². The van der Waals surface area contributed by atoms with E-state index in [1.54, 1.807) is 0 Å². The molecule has 0 saturated carbocycles. The normalized spacial score (nSPS) is 13.0. The molecular weight excluding hydrogens is 134 g/mol. The van der Waals surface area contributed by atoms with Gasteiger partial charge in [-0.15, -0.1) is 12.3 Å². The molecule has 0 aliphatic rings. The molecule has 11 heavy (non-hydrogen) atoms. The topological polar surface area (TPSA) is 12.0 Å². The minimum Gasteiger partial charge on any atom is -0.313 e. The van der Waals surface area contributed by atoms with Gasteiger partial charge >= 0.3 is 0 Å². The second kappa shape index (κ2) is 6.24. The van der Waals surface area contributed by atoms with Crippen LogP contribution >= 0.6 is 0 Å². The van der Waals surface area contributed by atoms with E-state index in [1.165, 1.54) is 6.42 Å². The standard InChI is InChI=1S/C10H19N/c1-5-7-8-11-10(6-2)9(3)4/h1,9-11H,6-8H2,2-4H3. The highest BCUT2D eigenvalue weighted by Gasteiger charge is 2.08. The molecule has 0 rings (SSSR count). The molecule has 0 aromatic heterocycles. The Balaban J connectivity index is 3.46. The van der Waals surface area contributed by atoms with Crippen LogP contribution in [0.1, 0.15) is 33.6 Å². The quantitative estimate of drug-likeness (QED) is 0.471. The summed E-state index contributed by atoms with van der Waals surface area (Å²) < 4.78 is 0. The molecule has 1 N–H and O–H groups in total. The molecule has 0 amide bonds. The van der Waals surface area contributed by atoms with Gasteiger partial charge in [-0.25, -0.2) is 0 Å². The Morgan fingerprint density at radius 2 is 2.09 bits per heavy atom. The van der Waals surface area contributed by atoms with Crippen LogP contribution in [0.3, 0.4) is 0 Å². The second-order valence-corrected chi connectivity index (χ2v) is 3.17. The molecule has 0 aliphatic carbocycles. The fourth-order valence-electron chi connectivity index (χ4n) is 1.18. The van der Waals surface area contributed by atoms with Crippen molar-refractivity contribution in [3.63, 3.8) is 0 Å². The summed E-state index contributed by atoms with van der Waals surface area (Å²) in [6.45, 7) is 7.62. The van der Waals surface area contributed by atoms with Gasteiger partial charge in [-0.3, -0.25) is 0 Å². The summed E-state index contributed by atoms with van der Waals surface area (Å²) in [5.41, 5.74) is 0. The predicted molar refractivity (Wildman–Crippen MR) is 50.4 cm³/mol. The van der Waals surface area contributed by atoms with Crippen molar-refractivity contribution < 1.29 is 0 Å². The molecule has 1 heteroatoms. The van der Waals surface area contributed by atoms with Crippen LogP contribution in [0.15, 0.2) is 0 Å². The van der Waals surface area contributed by atoms with E-state index in [2.05, 4.69) is 32.0 Å². The molecule has 0 saturated heterocycles. The zero-order valence-corrected chi connectivity index (χ0v) is 7.85. The Hall–Kier alpha value is -0.480. The van der Waals surface area contributed by atoms with Gasteiger partial charge < -0.3 is 5.32 Å². The van der Waals surface area contributed by atoms with Crippen LogP contribution in [0.2, 0.25) is 0 Å². The predicted octanol–water partition coefficient (Wildman–Crippen LogP) is 2.03. The van der Waals surface area contributed by atoms with Gasteiger partial charge in [0, 0.05) is 19.0 Å². The summed E-state index contributed by atoms with van der Waals surface area (Å²) in [6, 6.07) is 0.628. The second-order valence-electron chi connectivity index (χ2n) is 3.17. The number of rotatable bonds is 5. The van der Waals surface area contributed by atoms with Gasteiger partial charge in [-0.2, -0.15) is 0 Å². The molecule has 1 unspecified atom stereocenters. The molecule has 0 fully saturated rings. The molecule has 0 radical (unpaired) electrons. The number of nitrogens with one attached hydrogen (secondary N) is 1. The van der Waals surface area contributed by atoms with Crippen molar-refractivity contribution in [2.24, 2.45) is 5.92 Å². The monoisotopic (exact) mass is 153 g/mol.